The minimum Gasteiger partial charge on any atom is -0.463 e. The van der Waals surface area contributed by atoms with Crippen molar-refractivity contribution in [3.63, 3.8) is 0 Å². The van der Waals surface area contributed by atoms with Gasteiger partial charge in [-0.15, -0.1) is 0 Å². The number of nitrogen functional groups attached to an aromatic ring is 1. The number of carbonyl (C=O) groups is 1. The summed E-state index contributed by atoms with van der Waals surface area (Å²) in [5.74, 6) is 0.0593. The summed E-state index contributed by atoms with van der Waals surface area (Å²) < 4.78 is 5.75. The first kappa shape index (κ1) is 14.8. The molecule has 1 amide bonds. The lowest BCUT2D eigenvalue weighted by molar-refractivity contribution is -0.126. The van der Waals surface area contributed by atoms with Crippen LogP contribution in [0.3, 0.4) is 0 Å². The predicted octanol–water partition coefficient (Wildman–Crippen LogP) is 1.16. The van der Waals surface area contributed by atoms with Crippen molar-refractivity contribution < 1.29 is 14.6 Å². The van der Waals surface area contributed by atoms with Crippen LogP contribution in [0, 0.1) is 6.92 Å². The lowest BCUT2D eigenvalue weighted by atomic mass is 10.1. The number of carbonyl (C=O) groups excluding carboxylic acids is 1. The highest BCUT2D eigenvalue weighted by Gasteiger charge is 2.18. The number of amides is 1. The van der Waals surface area contributed by atoms with Crippen molar-refractivity contribution in [1.29, 1.82) is 0 Å². The van der Waals surface area contributed by atoms with E-state index in [0.29, 0.717) is 5.75 Å². The Bertz CT molecular complexity index is 631. The zero-order chi connectivity index (χ0) is 15.2. The van der Waals surface area contributed by atoms with E-state index in [9.17, 15) is 4.79 Å². The van der Waals surface area contributed by atoms with Crippen LogP contribution in [0.4, 0.5) is 5.82 Å². The van der Waals surface area contributed by atoms with Gasteiger partial charge in [0.1, 0.15) is 6.61 Å². The number of anilines is 1. The normalized spacial score (nSPS) is 11.7. The summed E-state index contributed by atoms with van der Waals surface area (Å²) in [4.78, 5) is 15.4. The van der Waals surface area contributed by atoms with E-state index < -0.39 is 18.7 Å². The van der Waals surface area contributed by atoms with Crippen LogP contribution in [0.2, 0.25) is 0 Å². The van der Waals surface area contributed by atoms with Crippen molar-refractivity contribution in [2.75, 3.05) is 12.3 Å². The number of aromatic nitrogens is 1. The molecule has 0 saturated carbocycles. The number of hydrogen-bond donors (Lipinski definition) is 3. The van der Waals surface area contributed by atoms with Crippen LogP contribution in [0.15, 0.2) is 42.6 Å². The van der Waals surface area contributed by atoms with E-state index in [1.54, 1.807) is 18.3 Å². The standard InChI is InChI=1S/C15H17N3O3/c1-10-5-2-3-6-11(10)15(18-13(20)9-19)21-12-7-4-8-17-14(12)16/h2-8,15,19H,9H2,1H3,(H2,16,17)(H,18,20). The van der Waals surface area contributed by atoms with Gasteiger partial charge >= 0.3 is 0 Å². The fourth-order valence-electron chi connectivity index (χ4n) is 1.87. The molecule has 1 atom stereocenters. The van der Waals surface area contributed by atoms with Gasteiger partial charge in [0.25, 0.3) is 0 Å². The van der Waals surface area contributed by atoms with Crippen LogP contribution < -0.4 is 15.8 Å². The first-order valence-corrected chi connectivity index (χ1v) is 6.44. The maximum absolute atomic E-state index is 11.5. The fourth-order valence-corrected chi connectivity index (χ4v) is 1.87. The van der Waals surface area contributed by atoms with Crippen molar-refractivity contribution in [1.82, 2.24) is 10.3 Å². The van der Waals surface area contributed by atoms with E-state index in [2.05, 4.69) is 10.3 Å². The minimum atomic E-state index is -0.752. The highest BCUT2D eigenvalue weighted by atomic mass is 16.5. The Hall–Kier alpha value is -2.60. The molecule has 6 nitrogen and oxygen atoms in total. The molecule has 2 aromatic rings. The van der Waals surface area contributed by atoms with Crippen molar-refractivity contribution in [2.24, 2.45) is 0 Å². The van der Waals surface area contributed by atoms with E-state index in [0.717, 1.165) is 11.1 Å². The third kappa shape index (κ3) is 3.70. The zero-order valence-electron chi connectivity index (χ0n) is 11.6. The summed E-state index contributed by atoms with van der Waals surface area (Å²) in [7, 11) is 0. The highest BCUT2D eigenvalue weighted by Crippen LogP contribution is 2.25. The number of pyridine rings is 1. The average Bonchev–Trinajstić information content (AvgIpc) is 2.49. The number of benzene rings is 1. The molecule has 4 N–H and O–H groups in total. The summed E-state index contributed by atoms with van der Waals surface area (Å²) in [5.41, 5.74) is 7.48. The molecule has 1 aromatic heterocycles. The molecule has 0 fully saturated rings. The second-order valence-electron chi connectivity index (χ2n) is 4.47. The molecule has 1 heterocycles. The summed E-state index contributed by atoms with van der Waals surface area (Å²) in [6.07, 6.45) is 0.800. The number of hydrogen-bond acceptors (Lipinski definition) is 5. The Morgan fingerprint density at radius 2 is 2.14 bits per heavy atom. The number of aryl methyl sites for hydroxylation is 1. The van der Waals surface area contributed by atoms with Crippen LogP contribution in [-0.4, -0.2) is 22.6 Å². The van der Waals surface area contributed by atoms with Crippen LogP contribution in [-0.2, 0) is 4.79 Å². The Balaban J connectivity index is 2.31. The Kier molecular flexibility index (Phi) is 4.73. The monoisotopic (exact) mass is 287 g/mol. The Morgan fingerprint density at radius 3 is 2.81 bits per heavy atom. The van der Waals surface area contributed by atoms with Gasteiger partial charge < -0.3 is 20.9 Å². The second kappa shape index (κ2) is 6.71. The van der Waals surface area contributed by atoms with Crippen molar-refractivity contribution >= 4 is 11.7 Å². The third-order valence-corrected chi connectivity index (χ3v) is 2.95. The van der Waals surface area contributed by atoms with E-state index in [-0.39, 0.29) is 5.82 Å². The van der Waals surface area contributed by atoms with Gasteiger partial charge in [-0.1, -0.05) is 24.3 Å². The van der Waals surface area contributed by atoms with Gasteiger partial charge in [0.15, 0.2) is 17.8 Å². The number of nitrogens with one attached hydrogen (secondary N) is 1. The molecule has 110 valence electrons. The van der Waals surface area contributed by atoms with E-state index in [1.807, 2.05) is 31.2 Å². The first-order valence-electron chi connectivity index (χ1n) is 6.44. The first-order chi connectivity index (χ1) is 10.1. The van der Waals surface area contributed by atoms with Gasteiger partial charge in [0.2, 0.25) is 5.91 Å². The molecule has 0 saturated heterocycles. The zero-order valence-corrected chi connectivity index (χ0v) is 11.6. The van der Waals surface area contributed by atoms with E-state index >= 15 is 0 Å². The molecule has 1 unspecified atom stereocenters. The van der Waals surface area contributed by atoms with E-state index in [4.69, 9.17) is 15.6 Å². The van der Waals surface area contributed by atoms with Gasteiger partial charge in [-0.2, -0.15) is 0 Å². The molecular weight excluding hydrogens is 270 g/mol. The van der Waals surface area contributed by atoms with Gasteiger partial charge in [-0.25, -0.2) is 4.98 Å². The summed E-state index contributed by atoms with van der Waals surface area (Å²) in [5, 5.41) is 11.5. The van der Waals surface area contributed by atoms with Crippen LogP contribution >= 0.6 is 0 Å². The number of aliphatic hydroxyl groups excluding tert-OH is 1. The quantitative estimate of drug-likeness (QED) is 0.717. The smallest absolute Gasteiger partial charge is 0.248 e. The Labute approximate surface area is 122 Å². The largest absolute Gasteiger partial charge is 0.463 e. The maximum Gasteiger partial charge on any atom is 0.248 e. The molecule has 21 heavy (non-hydrogen) atoms. The van der Waals surface area contributed by atoms with Gasteiger partial charge in [-0.3, -0.25) is 4.79 Å². The van der Waals surface area contributed by atoms with Crippen molar-refractivity contribution in [2.45, 2.75) is 13.2 Å². The second-order valence-corrected chi connectivity index (χ2v) is 4.47. The fraction of sp³-hybridized carbons (Fsp3) is 0.200. The van der Waals surface area contributed by atoms with Gasteiger partial charge in [0.05, 0.1) is 0 Å². The molecular formula is C15H17N3O3. The minimum absolute atomic E-state index is 0.231. The molecule has 6 heteroatoms. The molecule has 0 spiro atoms. The van der Waals surface area contributed by atoms with Gasteiger partial charge in [0, 0.05) is 11.8 Å². The van der Waals surface area contributed by atoms with Crippen LogP contribution in [0.5, 0.6) is 5.75 Å². The summed E-state index contributed by atoms with van der Waals surface area (Å²) in [6, 6.07) is 10.8. The molecule has 0 aliphatic carbocycles. The lowest BCUT2D eigenvalue weighted by Gasteiger charge is -2.22. The van der Waals surface area contributed by atoms with Crippen LogP contribution in [0.25, 0.3) is 0 Å². The summed E-state index contributed by atoms with van der Waals surface area (Å²) in [6.45, 7) is 1.29. The SMILES string of the molecule is Cc1ccccc1C(NC(=O)CO)Oc1cccnc1N. The number of rotatable bonds is 5. The molecule has 1 aromatic carbocycles. The highest BCUT2D eigenvalue weighted by molar-refractivity contribution is 5.77. The van der Waals surface area contributed by atoms with Gasteiger partial charge in [-0.05, 0) is 24.6 Å². The molecule has 2 rings (SSSR count). The summed E-state index contributed by atoms with van der Waals surface area (Å²) >= 11 is 0. The Morgan fingerprint density at radius 1 is 1.38 bits per heavy atom. The van der Waals surface area contributed by atoms with Crippen LogP contribution in [0.1, 0.15) is 17.4 Å². The molecule has 0 radical (unpaired) electrons. The predicted molar refractivity (Wildman–Crippen MR) is 78.4 cm³/mol. The molecule has 0 aliphatic heterocycles. The van der Waals surface area contributed by atoms with Crippen molar-refractivity contribution in [3.8, 4) is 5.75 Å². The van der Waals surface area contributed by atoms with Crippen molar-refractivity contribution in [3.05, 3.63) is 53.7 Å². The average molecular weight is 287 g/mol. The third-order valence-electron chi connectivity index (χ3n) is 2.95. The molecule has 0 bridgehead atoms. The topological polar surface area (TPSA) is 97.5 Å². The number of nitrogens with two attached hydrogens (primary N) is 1. The maximum atomic E-state index is 11.5. The molecule has 0 aliphatic rings. The number of ether oxygens (including phenoxy) is 1. The van der Waals surface area contributed by atoms with E-state index in [1.165, 1.54) is 0 Å². The number of aliphatic hydroxyl groups is 1. The number of nitrogens with zero attached hydrogens (tertiary/aromatic N) is 1. The lowest BCUT2D eigenvalue weighted by Crippen LogP contribution is -2.34.